The molecule has 2 aromatic rings. The molecule has 0 atom stereocenters. The summed E-state index contributed by atoms with van der Waals surface area (Å²) in [6.45, 7) is 0.933. The molecule has 0 saturated carbocycles. The lowest BCUT2D eigenvalue weighted by molar-refractivity contribution is 0.323. The van der Waals surface area contributed by atoms with Gasteiger partial charge in [-0.3, -0.25) is 4.99 Å². The smallest absolute Gasteiger partial charge is 0.203 e. The van der Waals surface area contributed by atoms with Crippen LogP contribution < -0.4 is 24.8 Å². The highest BCUT2D eigenvalue weighted by atomic mass is 127. The summed E-state index contributed by atoms with van der Waals surface area (Å²) in [5, 5.41) is 6.29. The van der Waals surface area contributed by atoms with Gasteiger partial charge in [-0.1, -0.05) is 0 Å². The number of nitrogens with one attached hydrogen (secondary N) is 2. The van der Waals surface area contributed by atoms with Crippen LogP contribution in [0.1, 0.15) is 11.1 Å². The van der Waals surface area contributed by atoms with Gasteiger partial charge >= 0.3 is 0 Å². The Bertz CT molecular complexity index is 789. The number of hydrogen-bond acceptors (Lipinski definition) is 4. The third-order valence-corrected chi connectivity index (χ3v) is 4.04. The molecule has 2 aromatic carbocycles. The van der Waals surface area contributed by atoms with E-state index in [1.54, 1.807) is 28.4 Å². The molecule has 0 spiro atoms. The lowest BCUT2D eigenvalue weighted by Crippen LogP contribution is -2.37. The maximum atomic E-state index is 13.2. The van der Waals surface area contributed by atoms with E-state index in [-0.39, 0.29) is 24.0 Å². The van der Waals surface area contributed by atoms with E-state index in [4.69, 9.17) is 14.2 Å². The maximum absolute atomic E-state index is 13.2. The fourth-order valence-corrected chi connectivity index (χ4v) is 2.72. The Hall–Kier alpha value is -2.30. The third kappa shape index (κ3) is 7.22. The molecule has 29 heavy (non-hydrogen) atoms. The molecule has 0 bridgehead atoms. The van der Waals surface area contributed by atoms with E-state index in [2.05, 4.69) is 15.6 Å². The van der Waals surface area contributed by atoms with Gasteiger partial charge in [0.05, 0.1) is 21.3 Å². The Balaban J connectivity index is 0.00000420. The largest absolute Gasteiger partial charge is 0.493 e. The van der Waals surface area contributed by atoms with Gasteiger partial charge in [-0.05, 0) is 41.8 Å². The van der Waals surface area contributed by atoms with Crippen LogP contribution in [0.25, 0.3) is 0 Å². The van der Waals surface area contributed by atoms with Crippen molar-refractivity contribution in [2.75, 3.05) is 34.9 Å². The van der Waals surface area contributed by atoms with Crippen molar-refractivity contribution in [1.29, 1.82) is 0 Å². The van der Waals surface area contributed by atoms with Crippen LogP contribution in [-0.2, 0) is 13.0 Å². The molecular weight excluding hydrogens is 495 g/mol. The first kappa shape index (κ1) is 24.7. The number of guanidine groups is 1. The number of ether oxygens (including phenoxy) is 3. The summed E-state index contributed by atoms with van der Waals surface area (Å²) in [7, 11) is 6.31. The molecule has 0 fully saturated rings. The van der Waals surface area contributed by atoms with Crippen LogP contribution in [0.3, 0.4) is 0 Å². The van der Waals surface area contributed by atoms with E-state index in [0.717, 1.165) is 11.6 Å². The topological polar surface area (TPSA) is 64.1 Å². The van der Waals surface area contributed by atoms with Crippen LogP contribution in [0.15, 0.2) is 35.3 Å². The monoisotopic (exact) mass is 521 g/mol. The molecule has 160 valence electrons. The normalized spacial score (nSPS) is 10.8. The van der Waals surface area contributed by atoms with Crippen LogP contribution in [0.4, 0.5) is 8.78 Å². The minimum Gasteiger partial charge on any atom is -0.493 e. The van der Waals surface area contributed by atoms with E-state index in [1.165, 1.54) is 12.1 Å². The SMILES string of the molecule is CN=C(NCCc1cc(F)cc(F)c1)NCc1cc(OC)c(OC)c(OC)c1.I. The number of hydrogen-bond donors (Lipinski definition) is 2. The Kier molecular flexibility index (Phi) is 10.5. The van der Waals surface area contributed by atoms with Crippen molar-refractivity contribution < 1.29 is 23.0 Å². The number of halogens is 3. The molecule has 0 amide bonds. The summed E-state index contributed by atoms with van der Waals surface area (Å²) in [5.41, 5.74) is 1.48. The summed E-state index contributed by atoms with van der Waals surface area (Å²) in [4.78, 5) is 4.15. The summed E-state index contributed by atoms with van der Waals surface area (Å²) < 4.78 is 42.5. The highest BCUT2D eigenvalue weighted by Gasteiger charge is 2.13. The van der Waals surface area contributed by atoms with Gasteiger partial charge in [-0.2, -0.15) is 0 Å². The first-order valence-corrected chi connectivity index (χ1v) is 8.69. The molecule has 2 N–H and O–H groups in total. The van der Waals surface area contributed by atoms with Crippen LogP contribution in [0.5, 0.6) is 17.2 Å². The predicted octanol–water partition coefficient (Wildman–Crippen LogP) is 3.52. The molecule has 6 nitrogen and oxygen atoms in total. The van der Waals surface area contributed by atoms with Gasteiger partial charge in [-0.15, -0.1) is 24.0 Å². The summed E-state index contributed by atoms with van der Waals surface area (Å²) in [6.07, 6.45) is 0.458. The fraction of sp³-hybridized carbons (Fsp3) is 0.350. The highest BCUT2D eigenvalue weighted by molar-refractivity contribution is 14.0. The Morgan fingerprint density at radius 3 is 1.93 bits per heavy atom. The van der Waals surface area contributed by atoms with Gasteiger partial charge in [-0.25, -0.2) is 8.78 Å². The maximum Gasteiger partial charge on any atom is 0.203 e. The molecule has 0 radical (unpaired) electrons. The molecule has 0 aliphatic carbocycles. The lowest BCUT2D eigenvalue weighted by Gasteiger charge is -2.16. The number of benzene rings is 2. The van der Waals surface area contributed by atoms with Crippen molar-refractivity contribution in [3.8, 4) is 17.2 Å². The first-order chi connectivity index (χ1) is 13.5. The second kappa shape index (κ2) is 12.3. The van der Waals surface area contributed by atoms with Crippen molar-refractivity contribution in [1.82, 2.24) is 10.6 Å². The fourth-order valence-electron chi connectivity index (χ4n) is 2.72. The van der Waals surface area contributed by atoms with Gasteiger partial charge in [0.2, 0.25) is 5.75 Å². The predicted molar refractivity (Wildman–Crippen MR) is 120 cm³/mol. The quantitative estimate of drug-likeness (QED) is 0.317. The Morgan fingerprint density at radius 2 is 1.45 bits per heavy atom. The second-order valence-corrected chi connectivity index (χ2v) is 5.91. The zero-order valence-electron chi connectivity index (χ0n) is 16.8. The minimum atomic E-state index is -0.583. The van der Waals surface area contributed by atoms with Gasteiger partial charge in [0.1, 0.15) is 11.6 Å². The van der Waals surface area contributed by atoms with Crippen LogP contribution >= 0.6 is 24.0 Å². The molecule has 0 saturated heterocycles. The first-order valence-electron chi connectivity index (χ1n) is 8.69. The zero-order valence-corrected chi connectivity index (χ0v) is 19.2. The average Bonchev–Trinajstić information content (AvgIpc) is 2.68. The van der Waals surface area contributed by atoms with Crippen molar-refractivity contribution in [3.63, 3.8) is 0 Å². The highest BCUT2D eigenvalue weighted by Crippen LogP contribution is 2.38. The number of methoxy groups -OCH3 is 3. The Morgan fingerprint density at radius 1 is 0.862 bits per heavy atom. The summed E-state index contributed by atoms with van der Waals surface area (Å²) in [5.74, 6) is 1.05. The molecule has 0 heterocycles. The minimum absolute atomic E-state index is 0. The number of nitrogens with zero attached hydrogens (tertiary/aromatic N) is 1. The number of aliphatic imine (C=N–C) groups is 1. The molecule has 0 aliphatic rings. The van der Waals surface area contributed by atoms with E-state index in [0.29, 0.717) is 48.3 Å². The zero-order chi connectivity index (χ0) is 20.5. The van der Waals surface area contributed by atoms with Crippen LogP contribution in [0, 0.1) is 11.6 Å². The average molecular weight is 521 g/mol. The molecule has 0 aliphatic heterocycles. The van der Waals surface area contributed by atoms with Gasteiger partial charge in [0.15, 0.2) is 17.5 Å². The standard InChI is InChI=1S/C20H25F2N3O3.HI/c1-23-20(24-6-5-13-7-15(21)11-16(22)8-13)25-12-14-9-17(26-2)19(28-4)18(10-14)27-3;/h7-11H,5-6,12H2,1-4H3,(H2,23,24,25);1H. The molecular formula is C20H26F2IN3O3. The van der Waals surface area contributed by atoms with E-state index in [1.807, 2.05) is 12.1 Å². The van der Waals surface area contributed by atoms with Crippen molar-refractivity contribution in [3.05, 3.63) is 53.1 Å². The van der Waals surface area contributed by atoms with Gasteiger partial charge < -0.3 is 24.8 Å². The Labute approximate surface area is 186 Å². The van der Waals surface area contributed by atoms with E-state index >= 15 is 0 Å². The van der Waals surface area contributed by atoms with Crippen LogP contribution in [-0.4, -0.2) is 40.9 Å². The van der Waals surface area contributed by atoms with Gasteiger partial charge in [0.25, 0.3) is 0 Å². The lowest BCUT2D eigenvalue weighted by atomic mass is 10.1. The van der Waals surface area contributed by atoms with E-state index in [9.17, 15) is 8.78 Å². The molecule has 9 heteroatoms. The van der Waals surface area contributed by atoms with Crippen molar-refractivity contribution >= 4 is 29.9 Å². The third-order valence-electron chi connectivity index (χ3n) is 4.04. The van der Waals surface area contributed by atoms with Crippen LogP contribution in [0.2, 0.25) is 0 Å². The second-order valence-electron chi connectivity index (χ2n) is 5.91. The van der Waals surface area contributed by atoms with Gasteiger partial charge in [0, 0.05) is 26.2 Å². The molecule has 0 unspecified atom stereocenters. The van der Waals surface area contributed by atoms with E-state index < -0.39 is 11.6 Å². The number of rotatable bonds is 8. The van der Waals surface area contributed by atoms with Crippen molar-refractivity contribution in [2.24, 2.45) is 4.99 Å². The molecule has 2 rings (SSSR count). The van der Waals surface area contributed by atoms with Crippen molar-refractivity contribution in [2.45, 2.75) is 13.0 Å². The molecule has 0 aromatic heterocycles. The summed E-state index contributed by atoms with van der Waals surface area (Å²) in [6, 6.07) is 7.18. The summed E-state index contributed by atoms with van der Waals surface area (Å²) >= 11 is 0.